The summed E-state index contributed by atoms with van der Waals surface area (Å²) in [5.41, 5.74) is 3.13. The number of hydrogen-bond donors (Lipinski definition) is 2. The van der Waals surface area contributed by atoms with Crippen LogP contribution in [0.15, 0.2) is 40.6 Å². The van der Waals surface area contributed by atoms with E-state index in [1.54, 1.807) is 17.6 Å². The molecule has 3 aromatic rings. The monoisotopic (exact) mass is 260 g/mol. The van der Waals surface area contributed by atoms with Crippen molar-refractivity contribution in [3.05, 3.63) is 47.3 Å². The first kappa shape index (κ1) is 11.2. The van der Waals surface area contributed by atoms with Gasteiger partial charge in [-0.15, -0.1) is 11.3 Å². The quantitative estimate of drug-likeness (QED) is 0.739. The third-order valence-corrected chi connectivity index (χ3v) is 3.49. The minimum Gasteiger partial charge on any atom is -0.364 e. The van der Waals surface area contributed by atoms with Crippen molar-refractivity contribution in [2.24, 2.45) is 0 Å². The second kappa shape index (κ2) is 5.16. The van der Waals surface area contributed by atoms with Crippen molar-refractivity contribution < 1.29 is 4.52 Å². The van der Waals surface area contributed by atoms with Gasteiger partial charge in [-0.1, -0.05) is 11.2 Å². The van der Waals surface area contributed by atoms with Gasteiger partial charge in [0.25, 0.3) is 0 Å². The van der Waals surface area contributed by atoms with Crippen LogP contribution >= 0.6 is 11.3 Å². The molecule has 0 bridgehead atoms. The van der Waals surface area contributed by atoms with Crippen LogP contribution in [0.3, 0.4) is 0 Å². The maximum atomic E-state index is 4.78. The fourth-order valence-corrected chi connectivity index (χ4v) is 2.49. The maximum absolute atomic E-state index is 4.78. The van der Waals surface area contributed by atoms with Crippen LogP contribution in [0.1, 0.15) is 11.3 Å². The Morgan fingerprint density at radius 2 is 2.33 bits per heavy atom. The van der Waals surface area contributed by atoms with Gasteiger partial charge in [-0.3, -0.25) is 5.10 Å². The lowest BCUT2D eigenvalue weighted by Crippen LogP contribution is -2.12. The molecule has 2 N–H and O–H groups in total. The molecule has 3 heterocycles. The van der Waals surface area contributed by atoms with Crippen molar-refractivity contribution >= 4 is 11.3 Å². The normalized spacial score (nSPS) is 10.9. The molecule has 3 aromatic heterocycles. The molecule has 0 spiro atoms. The van der Waals surface area contributed by atoms with Crippen LogP contribution in [-0.4, -0.2) is 15.4 Å². The maximum Gasteiger partial charge on any atom is 0.124 e. The van der Waals surface area contributed by atoms with Crippen LogP contribution in [0.2, 0.25) is 0 Å². The highest BCUT2D eigenvalue weighted by molar-refractivity contribution is 7.13. The number of hydrogen-bond acceptors (Lipinski definition) is 5. The average molecular weight is 260 g/mol. The predicted molar refractivity (Wildman–Crippen MR) is 68.9 cm³/mol. The summed E-state index contributed by atoms with van der Waals surface area (Å²) in [4.78, 5) is 1.20. The van der Waals surface area contributed by atoms with Crippen molar-refractivity contribution in [1.29, 1.82) is 0 Å². The van der Waals surface area contributed by atoms with E-state index in [1.165, 1.54) is 4.88 Å². The van der Waals surface area contributed by atoms with Gasteiger partial charge in [-0.05, 0) is 11.4 Å². The topological polar surface area (TPSA) is 66.7 Å². The summed E-state index contributed by atoms with van der Waals surface area (Å²) in [6, 6.07) is 5.97. The molecular formula is C12H12N4OS. The lowest BCUT2D eigenvalue weighted by molar-refractivity contribution is 0.408. The lowest BCUT2D eigenvalue weighted by atomic mass is 10.2. The van der Waals surface area contributed by atoms with E-state index in [-0.39, 0.29) is 0 Å². The third-order valence-electron chi connectivity index (χ3n) is 2.60. The molecule has 0 atom stereocenters. The molecule has 0 aliphatic heterocycles. The van der Waals surface area contributed by atoms with Crippen LogP contribution in [-0.2, 0) is 13.1 Å². The number of H-pyrrole nitrogens is 1. The predicted octanol–water partition coefficient (Wildman–Crippen LogP) is 2.42. The van der Waals surface area contributed by atoms with Crippen LogP contribution in [0.25, 0.3) is 10.6 Å². The standard InChI is InChI=1S/C12H12N4OS/c1-2-11(18-5-1)12-9(7-14-15-12)6-13-8-10-3-4-17-16-10/h1-5,7,13H,6,8H2,(H,14,15). The van der Waals surface area contributed by atoms with Crippen LogP contribution in [0, 0.1) is 0 Å². The van der Waals surface area contributed by atoms with Crippen LogP contribution in [0.4, 0.5) is 0 Å². The van der Waals surface area contributed by atoms with Crippen molar-refractivity contribution in [2.75, 3.05) is 0 Å². The first-order valence-corrected chi connectivity index (χ1v) is 6.47. The van der Waals surface area contributed by atoms with Crippen molar-refractivity contribution in [3.8, 4) is 10.6 Å². The summed E-state index contributed by atoms with van der Waals surface area (Å²) in [6.45, 7) is 1.43. The first-order chi connectivity index (χ1) is 8.93. The van der Waals surface area contributed by atoms with Gasteiger partial charge in [0.1, 0.15) is 6.26 Å². The van der Waals surface area contributed by atoms with Gasteiger partial charge >= 0.3 is 0 Å². The Morgan fingerprint density at radius 3 is 3.11 bits per heavy atom. The molecule has 0 aliphatic carbocycles. The Morgan fingerprint density at radius 1 is 1.33 bits per heavy atom. The third kappa shape index (κ3) is 2.34. The van der Waals surface area contributed by atoms with E-state index in [0.717, 1.165) is 23.5 Å². The number of rotatable bonds is 5. The van der Waals surface area contributed by atoms with Gasteiger partial charge in [0, 0.05) is 24.7 Å². The van der Waals surface area contributed by atoms with Gasteiger partial charge in [0.15, 0.2) is 0 Å². The second-order valence-electron chi connectivity index (χ2n) is 3.84. The summed E-state index contributed by atoms with van der Waals surface area (Å²) in [5.74, 6) is 0. The molecule has 0 amide bonds. The molecule has 0 aromatic carbocycles. The Kier molecular flexibility index (Phi) is 3.20. The van der Waals surface area contributed by atoms with E-state index in [2.05, 4.69) is 32.1 Å². The summed E-state index contributed by atoms with van der Waals surface area (Å²) >= 11 is 1.70. The Hall–Kier alpha value is -1.92. The van der Waals surface area contributed by atoms with E-state index in [4.69, 9.17) is 4.52 Å². The molecule has 18 heavy (non-hydrogen) atoms. The summed E-state index contributed by atoms with van der Waals surface area (Å²) in [6.07, 6.45) is 3.43. The molecule has 0 radical (unpaired) electrons. The molecule has 0 fully saturated rings. The number of thiophene rings is 1. The Labute approximate surface area is 108 Å². The van der Waals surface area contributed by atoms with Gasteiger partial charge in [-0.2, -0.15) is 5.10 Å². The highest BCUT2D eigenvalue weighted by atomic mass is 32.1. The number of aromatic amines is 1. The molecule has 92 valence electrons. The SMILES string of the molecule is c1csc(-c2[nH]ncc2CNCc2ccon2)c1. The average Bonchev–Trinajstić information content (AvgIpc) is 3.12. The zero-order chi connectivity index (χ0) is 12.2. The molecule has 0 aliphatic rings. The number of nitrogens with zero attached hydrogens (tertiary/aromatic N) is 2. The zero-order valence-corrected chi connectivity index (χ0v) is 10.4. The lowest BCUT2D eigenvalue weighted by Gasteiger charge is -2.02. The number of aromatic nitrogens is 3. The first-order valence-electron chi connectivity index (χ1n) is 5.59. The molecule has 0 saturated heterocycles. The molecular weight excluding hydrogens is 248 g/mol. The highest BCUT2D eigenvalue weighted by Crippen LogP contribution is 2.25. The molecule has 5 nitrogen and oxygen atoms in total. The summed E-state index contributed by atoms with van der Waals surface area (Å²) < 4.78 is 4.78. The summed E-state index contributed by atoms with van der Waals surface area (Å²) in [5, 5.41) is 16.4. The van der Waals surface area contributed by atoms with E-state index in [9.17, 15) is 0 Å². The van der Waals surface area contributed by atoms with Gasteiger partial charge in [-0.25, -0.2) is 0 Å². The van der Waals surface area contributed by atoms with Gasteiger partial charge < -0.3 is 9.84 Å². The van der Waals surface area contributed by atoms with E-state index in [1.807, 2.05) is 18.3 Å². The smallest absolute Gasteiger partial charge is 0.124 e. The fourth-order valence-electron chi connectivity index (χ4n) is 1.73. The van der Waals surface area contributed by atoms with Crippen molar-refractivity contribution in [1.82, 2.24) is 20.7 Å². The largest absolute Gasteiger partial charge is 0.364 e. The fraction of sp³-hybridized carbons (Fsp3) is 0.167. The van der Waals surface area contributed by atoms with E-state index in [0.29, 0.717) is 6.54 Å². The van der Waals surface area contributed by atoms with Gasteiger partial charge in [0.05, 0.1) is 22.5 Å². The molecule has 0 saturated carbocycles. The number of nitrogens with one attached hydrogen (secondary N) is 2. The van der Waals surface area contributed by atoms with Crippen LogP contribution < -0.4 is 5.32 Å². The highest BCUT2D eigenvalue weighted by Gasteiger charge is 2.08. The zero-order valence-electron chi connectivity index (χ0n) is 9.59. The molecule has 3 rings (SSSR count). The minimum absolute atomic E-state index is 0.686. The van der Waals surface area contributed by atoms with Crippen molar-refractivity contribution in [3.63, 3.8) is 0 Å². The summed E-state index contributed by atoms with van der Waals surface area (Å²) in [7, 11) is 0. The Bertz CT molecular complexity index is 585. The van der Waals surface area contributed by atoms with E-state index >= 15 is 0 Å². The van der Waals surface area contributed by atoms with Crippen molar-refractivity contribution in [2.45, 2.75) is 13.1 Å². The molecule has 0 unspecified atom stereocenters. The second-order valence-corrected chi connectivity index (χ2v) is 4.79. The Balaban J connectivity index is 1.65. The van der Waals surface area contributed by atoms with Crippen LogP contribution in [0.5, 0.6) is 0 Å². The van der Waals surface area contributed by atoms with E-state index < -0.39 is 0 Å². The van der Waals surface area contributed by atoms with Gasteiger partial charge in [0.2, 0.25) is 0 Å². The molecule has 6 heteroatoms. The minimum atomic E-state index is 0.686.